The van der Waals surface area contributed by atoms with Crippen LogP contribution in [-0.4, -0.2) is 0 Å². The molecule has 0 spiro atoms. The van der Waals surface area contributed by atoms with Gasteiger partial charge in [-0.15, -0.1) is 0 Å². The van der Waals surface area contributed by atoms with Crippen molar-refractivity contribution in [1.82, 2.24) is 0 Å². The second-order valence-corrected chi connectivity index (χ2v) is 1.34. The zero-order valence-corrected chi connectivity index (χ0v) is 4.11. The quantitative estimate of drug-likeness (QED) is 0.331. The van der Waals surface area contributed by atoms with Gasteiger partial charge in [-0.1, -0.05) is 0 Å². The maximum Gasteiger partial charge on any atom is 3.00 e. The van der Waals surface area contributed by atoms with Crippen molar-refractivity contribution < 1.29 is 31.7 Å². The van der Waals surface area contributed by atoms with Crippen LogP contribution < -0.4 is 14.7 Å². The molecule has 0 aliphatic heterocycles. The largest absolute Gasteiger partial charge is 3.00 e. The van der Waals surface area contributed by atoms with Crippen LogP contribution in [0.5, 0.6) is 0 Å². The molecule has 0 amide bonds. The van der Waals surface area contributed by atoms with Crippen LogP contribution in [0, 0.1) is 12.4 Å². The van der Waals surface area contributed by atoms with Gasteiger partial charge in [0.05, 0.1) is 0 Å². The minimum absolute atomic E-state index is 0. The summed E-state index contributed by atoms with van der Waals surface area (Å²) in [5, 5.41) is 0. The molecule has 4 nitrogen and oxygen atoms in total. The number of hydrogen-bond donors (Lipinski definition) is 0. The smallest absolute Gasteiger partial charge is 0.822 e. The molecule has 6 heteroatoms. The number of phosphoric acid groups is 1. The fourth-order valence-electron chi connectivity index (χ4n) is 0. The van der Waals surface area contributed by atoms with Gasteiger partial charge in [0.25, 0.3) is 0 Å². The van der Waals surface area contributed by atoms with Crippen molar-refractivity contribution in [3.63, 3.8) is 0 Å². The summed E-state index contributed by atoms with van der Waals surface area (Å²) >= 11 is 0. The fourth-order valence-corrected chi connectivity index (χ4v) is 0. The Labute approximate surface area is 40.5 Å². The molecule has 0 aromatic carbocycles. The zero-order valence-electron chi connectivity index (χ0n) is 2.46. The van der Waals surface area contributed by atoms with E-state index in [2.05, 4.69) is 0 Å². The second-order valence-electron chi connectivity index (χ2n) is 0.447. The highest BCUT2D eigenvalue weighted by atomic mass is 35.5. The normalized spacial score (nSPS) is 9.83. The van der Waals surface area contributed by atoms with Crippen molar-refractivity contribution in [2.24, 2.45) is 0 Å². The van der Waals surface area contributed by atoms with Crippen molar-refractivity contribution in [2.75, 3.05) is 0 Å². The number of halogens is 1. The third-order valence-corrected chi connectivity index (χ3v) is 0. The first-order valence-corrected chi connectivity index (χ1v) is 2.19. The summed E-state index contributed by atoms with van der Waals surface area (Å²) in [7, 11) is -5.39. The molecule has 0 rings (SSSR count). The Hall–Kier alpha value is 0.400. The van der Waals surface area contributed by atoms with Crippen LogP contribution in [-0.2, 0) is 4.57 Å². The van der Waals surface area contributed by atoms with Crippen molar-refractivity contribution in [2.45, 2.75) is 0 Å². The van der Waals surface area contributed by atoms with Gasteiger partial charge in [-0.2, -0.15) is 7.82 Å². The Kier molecular flexibility index (Phi) is 4.10. The molecular weight excluding hydrogens is 130 g/mol. The van der Waals surface area contributed by atoms with Gasteiger partial charge < -0.3 is 19.2 Å². The van der Waals surface area contributed by atoms with Gasteiger partial charge in [0.1, 0.15) is 0 Å². The Bertz CT molecular complexity index is 53.7. The number of hydrogen-bond acceptors (Lipinski definition) is 4. The SMILES string of the molecule is O=P([O-])([O-])[O-].[Cl+3]. The van der Waals surface area contributed by atoms with E-state index < -0.39 is 7.82 Å². The number of rotatable bonds is 0. The monoisotopic (exact) mass is 130 g/mol. The van der Waals surface area contributed by atoms with Gasteiger partial charge in [0.2, 0.25) is 0 Å². The lowest BCUT2D eigenvalue weighted by Gasteiger charge is -2.36. The van der Waals surface area contributed by atoms with E-state index >= 15 is 0 Å². The molecule has 0 aliphatic rings. The minimum Gasteiger partial charge on any atom is -0.822 e. The highest BCUT2D eigenvalue weighted by Gasteiger charge is 3.00. The lowest BCUT2D eigenvalue weighted by atomic mass is 15.8. The van der Waals surface area contributed by atoms with Crippen LogP contribution in [0.15, 0.2) is 0 Å². The topological polar surface area (TPSA) is 86.2 Å². The Morgan fingerprint density at radius 1 is 1.17 bits per heavy atom. The maximum atomic E-state index is 8.55. The first-order valence-electron chi connectivity index (χ1n) is 0.730. The molecule has 0 saturated carbocycles. The molecule has 0 unspecified atom stereocenters. The predicted molar refractivity (Wildman–Crippen MR) is 7.61 cm³/mol. The molecule has 0 atom stereocenters. The van der Waals surface area contributed by atoms with Crippen LogP contribution in [0.25, 0.3) is 0 Å². The van der Waals surface area contributed by atoms with E-state index in [9.17, 15) is 0 Å². The summed E-state index contributed by atoms with van der Waals surface area (Å²) in [5.74, 6) is 0. The van der Waals surface area contributed by atoms with Crippen molar-refractivity contribution >= 4 is 7.82 Å². The van der Waals surface area contributed by atoms with Gasteiger partial charge in [-0.05, 0) is 0 Å². The molecule has 0 aromatic heterocycles. The molecule has 0 N–H and O–H groups in total. The van der Waals surface area contributed by atoms with Crippen LogP contribution in [0.3, 0.4) is 0 Å². The lowest BCUT2D eigenvalue weighted by Crippen LogP contribution is -2.24. The Morgan fingerprint density at radius 3 is 1.17 bits per heavy atom. The van der Waals surface area contributed by atoms with E-state index in [-0.39, 0.29) is 12.4 Å². The summed E-state index contributed by atoms with van der Waals surface area (Å²) in [6, 6.07) is 0. The highest BCUT2D eigenvalue weighted by molar-refractivity contribution is 7.40. The van der Waals surface area contributed by atoms with Crippen molar-refractivity contribution in [3.05, 3.63) is 0 Å². The first kappa shape index (κ1) is 9.64. The van der Waals surface area contributed by atoms with E-state index in [4.69, 9.17) is 19.2 Å². The average Bonchev–Trinajstić information content (AvgIpc) is 0.722. The molecular formula is ClO4P. The van der Waals surface area contributed by atoms with Gasteiger partial charge in [0.15, 0.2) is 0 Å². The van der Waals surface area contributed by atoms with Gasteiger partial charge in [0, 0.05) is 0 Å². The molecule has 4 radical (unpaired) electrons. The van der Waals surface area contributed by atoms with Crippen LogP contribution in [0.2, 0.25) is 0 Å². The summed E-state index contributed by atoms with van der Waals surface area (Å²) in [6.45, 7) is 0. The van der Waals surface area contributed by atoms with Crippen LogP contribution in [0.4, 0.5) is 0 Å². The van der Waals surface area contributed by atoms with E-state index in [1.165, 1.54) is 0 Å². The predicted octanol–water partition coefficient (Wildman–Crippen LogP) is -2.82. The molecule has 0 aromatic rings. The van der Waals surface area contributed by atoms with Crippen LogP contribution in [0.1, 0.15) is 0 Å². The van der Waals surface area contributed by atoms with Gasteiger partial charge in [-0.25, -0.2) is 0 Å². The lowest BCUT2D eigenvalue weighted by molar-refractivity contribution is -0.432. The molecule has 36 valence electrons. The van der Waals surface area contributed by atoms with Gasteiger partial charge >= 0.3 is 12.4 Å². The third-order valence-electron chi connectivity index (χ3n) is 0. The maximum absolute atomic E-state index is 8.55. The van der Waals surface area contributed by atoms with E-state index in [1.54, 1.807) is 0 Å². The van der Waals surface area contributed by atoms with Crippen LogP contribution >= 0.6 is 7.82 Å². The average molecular weight is 130 g/mol. The molecule has 6 heavy (non-hydrogen) atoms. The Balaban J connectivity index is 0. The third kappa shape index (κ3) is 318. The van der Waals surface area contributed by atoms with E-state index in [0.29, 0.717) is 0 Å². The molecule has 0 aliphatic carbocycles. The standard InChI is InChI=1S/Cl.H3O4P/c;1-5(2,3)4/h;(H3,1,2,3,4)/q+3;/p-3. The van der Waals surface area contributed by atoms with E-state index in [0.717, 1.165) is 0 Å². The van der Waals surface area contributed by atoms with Gasteiger partial charge in [-0.3, -0.25) is 0 Å². The Morgan fingerprint density at radius 2 is 1.17 bits per heavy atom. The van der Waals surface area contributed by atoms with Crippen molar-refractivity contribution in [3.8, 4) is 0 Å². The minimum atomic E-state index is -5.39. The fraction of sp³-hybridized carbons (Fsp3) is 0. The van der Waals surface area contributed by atoms with Crippen molar-refractivity contribution in [1.29, 1.82) is 0 Å². The zero-order chi connectivity index (χ0) is 4.50. The molecule has 0 heterocycles. The summed E-state index contributed by atoms with van der Waals surface area (Å²) in [4.78, 5) is 25.6. The summed E-state index contributed by atoms with van der Waals surface area (Å²) < 4.78 is 8.55. The molecule has 0 saturated heterocycles. The second kappa shape index (κ2) is 2.55. The first-order chi connectivity index (χ1) is 2.00. The molecule has 0 fully saturated rings. The summed E-state index contributed by atoms with van der Waals surface area (Å²) in [6.07, 6.45) is 0. The van der Waals surface area contributed by atoms with E-state index in [1.807, 2.05) is 0 Å². The summed E-state index contributed by atoms with van der Waals surface area (Å²) in [5.41, 5.74) is 0. The molecule has 0 bridgehead atoms. The highest BCUT2D eigenvalue weighted by Crippen LogP contribution is 2.03.